The largest absolute Gasteiger partial charge is 0.507 e. The fourth-order valence-electron chi connectivity index (χ4n) is 2.04. The third-order valence-corrected chi connectivity index (χ3v) is 3.03. The summed E-state index contributed by atoms with van der Waals surface area (Å²) in [6, 6.07) is 8.99. The van der Waals surface area contributed by atoms with Gasteiger partial charge in [-0.25, -0.2) is 4.39 Å². The van der Waals surface area contributed by atoms with Gasteiger partial charge in [0.1, 0.15) is 17.3 Å². The lowest BCUT2D eigenvalue weighted by Gasteiger charge is -2.18. The Bertz CT molecular complexity index is 578. The van der Waals surface area contributed by atoms with Crippen molar-refractivity contribution in [2.24, 2.45) is 0 Å². The second kappa shape index (κ2) is 5.18. The molecule has 0 aliphatic heterocycles. The molecule has 3 N–H and O–H groups in total. The molecule has 0 bridgehead atoms. The van der Waals surface area contributed by atoms with E-state index < -0.39 is 0 Å². The highest BCUT2D eigenvalue weighted by atomic mass is 19.1. The molecule has 2 aromatic carbocycles. The number of rotatable bonds is 3. The normalized spacial score (nSPS) is 12.2. The Labute approximate surface area is 111 Å². The molecule has 2 rings (SSSR count). The Morgan fingerprint density at radius 2 is 1.74 bits per heavy atom. The van der Waals surface area contributed by atoms with E-state index in [0.29, 0.717) is 11.1 Å². The van der Waals surface area contributed by atoms with Crippen molar-refractivity contribution in [2.45, 2.75) is 19.9 Å². The average Bonchev–Trinajstić information content (AvgIpc) is 2.33. The van der Waals surface area contributed by atoms with E-state index in [-0.39, 0.29) is 23.4 Å². The number of hydrogen-bond acceptors (Lipinski definition) is 3. The second-order valence-electron chi connectivity index (χ2n) is 4.54. The lowest BCUT2D eigenvalue weighted by atomic mass is 10.1. The van der Waals surface area contributed by atoms with Crippen LogP contribution < -0.4 is 5.32 Å². The van der Waals surface area contributed by atoms with Crippen molar-refractivity contribution in [1.82, 2.24) is 0 Å². The molecule has 3 nitrogen and oxygen atoms in total. The molecule has 0 aliphatic carbocycles. The molecule has 2 aromatic rings. The van der Waals surface area contributed by atoms with Gasteiger partial charge < -0.3 is 15.5 Å². The number of benzene rings is 2. The molecule has 0 radical (unpaired) electrons. The predicted molar refractivity (Wildman–Crippen MR) is 72.9 cm³/mol. The van der Waals surface area contributed by atoms with Gasteiger partial charge in [-0.2, -0.15) is 0 Å². The highest BCUT2D eigenvalue weighted by Crippen LogP contribution is 2.34. The lowest BCUT2D eigenvalue weighted by molar-refractivity contribution is 0.434. The number of halogens is 1. The van der Waals surface area contributed by atoms with Crippen LogP contribution >= 0.6 is 0 Å². The minimum absolute atomic E-state index is 0.0267. The zero-order valence-corrected chi connectivity index (χ0v) is 10.8. The standard InChI is InChI=1S/C15H16FNO2/c1-9-8-11(6-7-12(9)16)17-10(2)15-13(18)4-3-5-14(15)19/h3-8,10,17-19H,1-2H3. The first kappa shape index (κ1) is 13.2. The van der Waals surface area contributed by atoms with E-state index in [2.05, 4.69) is 5.32 Å². The molecule has 0 saturated heterocycles. The van der Waals surface area contributed by atoms with Gasteiger partial charge >= 0.3 is 0 Å². The Morgan fingerprint density at radius 3 is 2.32 bits per heavy atom. The molecule has 1 unspecified atom stereocenters. The zero-order valence-electron chi connectivity index (χ0n) is 10.8. The van der Waals surface area contributed by atoms with Crippen LogP contribution in [-0.4, -0.2) is 10.2 Å². The van der Waals surface area contributed by atoms with Crippen LogP contribution in [0.1, 0.15) is 24.1 Å². The third kappa shape index (κ3) is 2.78. The molecule has 0 saturated carbocycles. The number of nitrogens with one attached hydrogen (secondary N) is 1. The summed E-state index contributed by atoms with van der Waals surface area (Å²) in [7, 11) is 0. The summed E-state index contributed by atoms with van der Waals surface area (Å²) in [6.07, 6.45) is 0. The summed E-state index contributed by atoms with van der Waals surface area (Å²) in [6.45, 7) is 3.50. The molecule has 0 heterocycles. The number of aromatic hydroxyl groups is 2. The first-order valence-electron chi connectivity index (χ1n) is 6.02. The number of hydrogen-bond donors (Lipinski definition) is 3. The van der Waals surface area contributed by atoms with Crippen molar-refractivity contribution >= 4 is 5.69 Å². The smallest absolute Gasteiger partial charge is 0.126 e. The van der Waals surface area contributed by atoms with Gasteiger partial charge in [0.25, 0.3) is 0 Å². The van der Waals surface area contributed by atoms with E-state index in [0.717, 1.165) is 5.69 Å². The van der Waals surface area contributed by atoms with Gasteiger partial charge in [-0.05, 0) is 49.7 Å². The van der Waals surface area contributed by atoms with E-state index in [9.17, 15) is 14.6 Å². The van der Waals surface area contributed by atoms with Crippen molar-refractivity contribution in [1.29, 1.82) is 0 Å². The topological polar surface area (TPSA) is 52.5 Å². The summed E-state index contributed by atoms with van der Waals surface area (Å²) in [5.41, 5.74) is 1.69. The van der Waals surface area contributed by atoms with Gasteiger partial charge in [0.15, 0.2) is 0 Å². The van der Waals surface area contributed by atoms with Crippen molar-refractivity contribution in [2.75, 3.05) is 5.32 Å². The Balaban J connectivity index is 2.25. The molecule has 0 aromatic heterocycles. The van der Waals surface area contributed by atoms with Crippen LogP contribution in [0.3, 0.4) is 0 Å². The van der Waals surface area contributed by atoms with Crippen LogP contribution in [0.2, 0.25) is 0 Å². The molecule has 0 aliphatic rings. The number of aryl methyl sites for hydroxylation is 1. The van der Waals surface area contributed by atoms with Gasteiger partial charge in [-0.15, -0.1) is 0 Å². The second-order valence-corrected chi connectivity index (χ2v) is 4.54. The molecule has 0 fully saturated rings. The predicted octanol–water partition coefficient (Wildman–Crippen LogP) is 3.72. The van der Waals surface area contributed by atoms with Gasteiger partial charge in [-0.3, -0.25) is 0 Å². The molecule has 0 amide bonds. The lowest BCUT2D eigenvalue weighted by Crippen LogP contribution is -2.07. The summed E-state index contributed by atoms with van der Waals surface area (Å²) in [4.78, 5) is 0. The average molecular weight is 261 g/mol. The van der Waals surface area contributed by atoms with E-state index in [1.165, 1.54) is 18.2 Å². The van der Waals surface area contributed by atoms with Crippen LogP contribution in [0.15, 0.2) is 36.4 Å². The number of anilines is 1. The SMILES string of the molecule is Cc1cc(NC(C)c2c(O)cccc2O)ccc1F. The molecular formula is C15H16FNO2. The summed E-state index contributed by atoms with van der Waals surface area (Å²) < 4.78 is 13.2. The molecule has 0 spiro atoms. The van der Waals surface area contributed by atoms with Gasteiger partial charge in [0, 0.05) is 5.69 Å². The summed E-state index contributed by atoms with van der Waals surface area (Å²) in [5, 5.41) is 22.7. The number of phenolic OH excluding ortho intramolecular Hbond substituents is 2. The maximum Gasteiger partial charge on any atom is 0.126 e. The van der Waals surface area contributed by atoms with Crippen molar-refractivity contribution in [3.63, 3.8) is 0 Å². The van der Waals surface area contributed by atoms with Crippen LogP contribution in [-0.2, 0) is 0 Å². The monoisotopic (exact) mass is 261 g/mol. The molecule has 19 heavy (non-hydrogen) atoms. The quantitative estimate of drug-likeness (QED) is 0.789. The van der Waals surface area contributed by atoms with Gasteiger partial charge in [0.05, 0.1) is 11.6 Å². The van der Waals surface area contributed by atoms with Crippen LogP contribution in [0.5, 0.6) is 11.5 Å². The van der Waals surface area contributed by atoms with Gasteiger partial charge in [0.2, 0.25) is 0 Å². The zero-order chi connectivity index (χ0) is 14.0. The molecule has 1 atom stereocenters. The summed E-state index contributed by atoms with van der Waals surface area (Å²) >= 11 is 0. The fourth-order valence-corrected chi connectivity index (χ4v) is 2.04. The van der Waals surface area contributed by atoms with Crippen LogP contribution in [0.4, 0.5) is 10.1 Å². The van der Waals surface area contributed by atoms with E-state index in [1.54, 1.807) is 25.1 Å². The number of phenols is 2. The maximum absolute atomic E-state index is 13.2. The van der Waals surface area contributed by atoms with E-state index >= 15 is 0 Å². The first-order chi connectivity index (χ1) is 8.99. The fraction of sp³-hybridized carbons (Fsp3) is 0.200. The minimum atomic E-state index is -0.300. The van der Waals surface area contributed by atoms with E-state index in [1.807, 2.05) is 6.92 Å². The highest BCUT2D eigenvalue weighted by molar-refractivity contribution is 5.52. The van der Waals surface area contributed by atoms with Crippen LogP contribution in [0, 0.1) is 12.7 Å². The van der Waals surface area contributed by atoms with Gasteiger partial charge in [-0.1, -0.05) is 6.07 Å². The van der Waals surface area contributed by atoms with Crippen LogP contribution in [0.25, 0.3) is 0 Å². The van der Waals surface area contributed by atoms with Crippen molar-refractivity contribution in [3.8, 4) is 11.5 Å². The Kier molecular flexibility index (Phi) is 3.60. The molecule has 100 valence electrons. The minimum Gasteiger partial charge on any atom is -0.507 e. The molecule has 4 heteroatoms. The summed E-state index contributed by atoms with van der Waals surface area (Å²) in [5.74, 6) is -0.207. The van der Waals surface area contributed by atoms with E-state index in [4.69, 9.17) is 0 Å². The van der Waals surface area contributed by atoms with Crippen molar-refractivity contribution in [3.05, 3.63) is 53.3 Å². The Morgan fingerprint density at radius 1 is 1.11 bits per heavy atom. The third-order valence-electron chi connectivity index (χ3n) is 3.03. The first-order valence-corrected chi connectivity index (χ1v) is 6.02. The maximum atomic E-state index is 13.2. The van der Waals surface area contributed by atoms with Crippen molar-refractivity contribution < 1.29 is 14.6 Å². The Hall–Kier alpha value is -2.23. The highest BCUT2D eigenvalue weighted by Gasteiger charge is 2.15. The molecular weight excluding hydrogens is 245 g/mol.